The Kier molecular flexibility index (Phi) is 4.87. The number of alkyl halides is 3. The van der Waals surface area contributed by atoms with E-state index in [9.17, 15) is 13.2 Å². The van der Waals surface area contributed by atoms with Crippen LogP contribution < -0.4 is 15.4 Å². The van der Waals surface area contributed by atoms with Crippen molar-refractivity contribution in [2.45, 2.75) is 6.36 Å². The molecule has 0 fully saturated rings. The fourth-order valence-electron chi connectivity index (χ4n) is 2.19. The molecule has 3 rings (SSSR count). The van der Waals surface area contributed by atoms with Gasteiger partial charge in [0.15, 0.2) is 5.75 Å². The van der Waals surface area contributed by atoms with E-state index in [-0.39, 0.29) is 11.4 Å². The van der Waals surface area contributed by atoms with Crippen LogP contribution in [0.2, 0.25) is 0 Å². The second kappa shape index (κ2) is 7.26. The van der Waals surface area contributed by atoms with Crippen LogP contribution in [0, 0.1) is 0 Å². The van der Waals surface area contributed by atoms with Crippen LogP contribution >= 0.6 is 0 Å². The highest BCUT2D eigenvalue weighted by atomic mass is 19.4. The molecule has 2 N–H and O–H groups in total. The van der Waals surface area contributed by atoms with Crippen LogP contribution in [0.3, 0.4) is 0 Å². The van der Waals surface area contributed by atoms with Crippen molar-refractivity contribution in [1.29, 1.82) is 0 Å². The maximum absolute atomic E-state index is 12.6. The molecular formula is C17H14F3N5O. The molecule has 0 saturated carbocycles. The number of rotatable bonds is 5. The molecule has 0 saturated heterocycles. The van der Waals surface area contributed by atoms with Crippen molar-refractivity contribution in [1.82, 2.24) is 15.0 Å². The van der Waals surface area contributed by atoms with Crippen LogP contribution in [-0.2, 0) is 0 Å². The van der Waals surface area contributed by atoms with Gasteiger partial charge in [0.2, 0.25) is 5.95 Å². The summed E-state index contributed by atoms with van der Waals surface area (Å²) in [6.07, 6.45) is -3.17. The first kappa shape index (κ1) is 17.5. The summed E-state index contributed by atoms with van der Waals surface area (Å²) in [5, 5.41) is 5.65. The number of hydrogen-bond acceptors (Lipinski definition) is 6. The third kappa shape index (κ3) is 4.38. The summed E-state index contributed by atoms with van der Waals surface area (Å²) in [6, 6.07) is 12.7. The number of benzene rings is 1. The third-order valence-electron chi connectivity index (χ3n) is 3.25. The predicted molar refractivity (Wildman–Crippen MR) is 91.2 cm³/mol. The van der Waals surface area contributed by atoms with Crippen molar-refractivity contribution < 1.29 is 17.9 Å². The zero-order valence-corrected chi connectivity index (χ0v) is 13.6. The minimum absolute atomic E-state index is 0.123. The van der Waals surface area contributed by atoms with E-state index in [0.717, 1.165) is 0 Å². The fourth-order valence-corrected chi connectivity index (χ4v) is 2.19. The lowest BCUT2D eigenvalue weighted by atomic mass is 10.2. The first-order valence-electron chi connectivity index (χ1n) is 7.54. The fraction of sp³-hybridized carbons (Fsp3) is 0.118. The molecule has 0 radical (unpaired) electrons. The van der Waals surface area contributed by atoms with Gasteiger partial charge < -0.3 is 15.4 Å². The SMILES string of the molecule is CNc1nc(Nc2ccccc2OC(F)(F)F)cc(-c2ccccn2)n1. The largest absolute Gasteiger partial charge is 0.573 e. The van der Waals surface area contributed by atoms with Gasteiger partial charge in [-0.15, -0.1) is 13.2 Å². The summed E-state index contributed by atoms with van der Waals surface area (Å²) in [4.78, 5) is 12.7. The van der Waals surface area contributed by atoms with Gasteiger partial charge in [-0.25, -0.2) is 4.98 Å². The molecule has 2 aromatic heterocycles. The van der Waals surface area contributed by atoms with Gasteiger partial charge in [-0.2, -0.15) is 4.98 Å². The molecule has 3 aromatic rings. The summed E-state index contributed by atoms with van der Waals surface area (Å²) >= 11 is 0. The third-order valence-corrected chi connectivity index (χ3v) is 3.25. The summed E-state index contributed by atoms with van der Waals surface area (Å²) in [5.41, 5.74) is 1.24. The molecule has 0 bridgehead atoms. The Bertz CT molecular complexity index is 887. The lowest BCUT2D eigenvalue weighted by Gasteiger charge is -2.15. The van der Waals surface area contributed by atoms with Crippen LogP contribution in [0.5, 0.6) is 5.75 Å². The molecule has 2 heterocycles. The maximum atomic E-state index is 12.6. The topological polar surface area (TPSA) is 72.0 Å². The van der Waals surface area contributed by atoms with E-state index in [1.165, 1.54) is 18.2 Å². The quantitative estimate of drug-likeness (QED) is 0.709. The minimum atomic E-state index is -4.79. The summed E-state index contributed by atoms with van der Waals surface area (Å²) < 4.78 is 41.8. The van der Waals surface area contributed by atoms with Crippen molar-refractivity contribution in [2.75, 3.05) is 17.7 Å². The summed E-state index contributed by atoms with van der Waals surface area (Å²) in [6.45, 7) is 0. The molecule has 26 heavy (non-hydrogen) atoms. The van der Waals surface area contributed by atoms with E-state index in [1.807, 2.05) is 6.07 Å². The first-order chi connectivity index (χ1) is 12.4. The van der Waals surface area contributed by atoms with Crippen molar-refractivity contribution in [3.8, 4) is 17.1 Å². The maximum Gasteiger partial charge on any atom is 0.573 e. The Hall–Kier alpha value is -3.36. The van der Waals surface area contributed by atoms with Crippen molar-refractivity contribution in [3.05, 3.63) is 54.7 Å². The number of hydrogen-bond donors (Lipinski definition) is 2. The number of pyridine rings is 1. The van der Waals surface area contributed by atoms with E-state index in [1.54, 1.807) is 37.5 Å². The van der Waals surface area contributed by atoms with E-state index in [0.29, 0.717) is 23.2 Å². The molecule has 0 spiro atoms. The van der Waals surface area contributed by atoms with Gasteiger partial charge in [0.1, 0.15) is 5.82 Å². The molecule has 1 aromatic carbocycles. The van der Waals surface area contributed by atoms with Crippen LogP contribution in [0.1, 0.15) is 0 Å². The van der Waals surface area contributed by atoms with Gasteiger partial charge in [0.05, 0.1) is 17.1 Å². The van der Waals surface area contributed by atoms with Gasteiger partial charge in [0.25, 0.3) is 0 Å². The zero-order valence-electron chi connectivity index (χ0n) is 13.6. The number of anilines is 3. The Morgan fingerprint density at radius 3 is 2.42 bits per heavy atom. The number of nitrogens with zero attached hydrogens (tertiary/aromatic N) is 3. The van der Waals surface area contributed by atoms with Crippen LogP contribution in [0.4, 0.5) is 30.6 Å². The second-order valence-electron chi connectivity index (χ2n) is 5.10. The Balaban J connectivity index is 1.96. The molecule has 0 aliphatic heterocycles. The average Bonchev–Trinajstić information content (AvgIpc) is 2.62. The van der Waals surface area contributed by atoms with Gasteiger partial charge in [0, 0.05) is 19.3 Å². The number of nitrogens with one attached hydrogen (secondary N) is 2. The van der Waals surface area contributed by atoms with Crippen LogP contribution in [-0.4, -0.2) is 28.4 Å². The predicted octanol–water partition coefficient (Wildman–Crippen LogP) is 4.22. The van der Waals surface area contributed by atoms with Gasteiger partial charge in [-0.05, 0) is 24.3 Å². The van der Waals surface area contributed by atoms with E-state index >= 15 is 0 Å². The molecule has 6 nitrogen and oxygen atoms in total. The monoisotopic (exact) mass is 361 g/mol. The highest BCUT2D eigenvalue weighted by molar-refractivity contribution is 5.68. The van der Waals surface area contributed by atoms with Gasteiger partial charge in [-0.1, -0.05) is 18.2 Å². The highest BCUT2D eigenvalue weighted by Crippen LogP contribution is 2.32. The van der Waals surface area contributed by atoms with Crippen molar-refractivity contribution >= 4 is 17.5 Å². The number of ether oxygens (including phenoxy) is 1. The number of aromatic nitrogens is 3. The van der Waals surface area contributed by atoms with Gasteiger partial charge >= 0.3 is 6.36 Å². The van der Waals surface area contributed by atoms with Crippen molar-refractivity contribution in [2.24, 2.45) is 0 Å². The van der Waals surface area contributed by atoms with Gasteiger partial charge in [-0.3, -0.25) is 4.98 Å². The molecule has 0 aliphatic rings. The van der Waals surface area contributed by atoms with E-state index < -0.39 is 6.36 Å². The smallest absolute Gasteiger partial charge is 0.404 e. The number of para-hydroxylation sites is 2. The van der Waals surface area contributed by atoms with Crippen LogP contribution in [0.15, 0.2) is 54.7 Å². The Morgan fingerprint density at radius 2 is 1.73 bits per heavy atom. The molecule has 0 aliphatic carbocycles. The molecule has 0 unspecified atom stereocenters. The average molecular weight is 361 g/mol. The highest BCUT2D eigenvalue weighted by Gasteiger charge is 2.32. The molecular weight excluding hydrogens is 347 g/mol. The zero-order chi connectivity index (χ0) is 18.6. The molecule has 134 valence electrons. The minimum Gasteiger partial charge on any atom is -0.404 e. The Morgan fingerprint density at radius 1 is 0.962 bits per heavy atom. The van der Waals surface area contributed by atoms with E-state index in [2.05, 4.69) is 30.3 Å². The standard InChI is InChI=1S/C17H14F3N5O/c1-21-16-24-13(11-6-4-5-9-22-11)10-15(25-16)23-12-7-2-3-8-14(12)26-17(18,19)20/h2-10H,1H3,(H2,21,23,24,25). The van der Waals surface area contributed by atoms with Crippen LogP contribution in [0.25, 0.3) is 11.4 Å². The summed E-state index contributed by atoms with van der Waals surface area (Å²) in [5.74, 6) is 0.233. The normalized spacial score (nSPS) is 11.1. The summed E-state index contributed by atoms with van der Waals surface area (Å²) in [7, 11) is 1.64. The Labute approximate surface area is 147 Å². The molecule has 9 heteroatoms. The lowest BCUT2D eigenvalue weighted by molar-refractivity contribution is -0.274. The number of halogens is 3. The van der Waals surface area contributed by atoms with E-state index in [4.69, 9.17) is 0 Å². The first-order valence-corrected chi connectivity index (χ1v) is 7.54. The molecule has 0 amide bonds. The second-order valence-corrected chi connectivity index (χ2v) is 5.10. The molecule has 0 atom stereocenters. The lowest BCUT2D eigenvalue weighted by Crippen LogP contribution is -2.18. The van der Waals surface area contributed by atoms with Crippen molar-refractivity contribution in [3.63, 3.8) is 0 Å².